The fraction of sp³-hybridized carbons (Fsp3) is 0.333. The van der Waals surface area contributed by atoms with Crippen LogP contribution in [0.4, 0.5) is 5.69 Å². The Labute approximate surface area is 114 Å². The Morgan fingerprint density at radius 3 is 3.00 bits per heavy atom. The van der Waals surface area contributed by atoms with Crippen molar-refractivity contribution in [1.29, 1.82) is 0 Å². The topological polar surface area (TPSA) is 103 Å². The number of nitrogens with one attached hydrogen (secondary N) is 1. The molecule has 1 aromatic heterocycles. The SMILES string of the molecule is COc1ccc(CNCCc2ncno2)cc1[N+](=O)[O-]. The predicted octanol–water partition coefficient (Wildman–Crippen LogP) is 1.32. The molecule has 0 aliphatic rings. The van der Waals surface area contributed by atoms with E-state index in [4.69, 9.17) is 9.26 Å². The Kier molecular flexibility index (Phi) is 4.61. The molecule has 2 rings (SSSR count). The molecule has 0 unspecified atom stereocenters. The van der Waals surface area contributed by atoms with Gasteiger partial charge in [-0.25, -0.2) is 0 Å². The minimum Gasteiger partial charge on any atom is -0.490 e. The van der Waals surface area contributed by atoms with Crippen molar-refractivity contribution in [3.05, 3.63) is 46.1 Å². The summed E-state index contributed by atoms with van der Waals surface area (Å²) in [7, 11) is 1.41. The van der Waals surface area contributed by atoms with Crippen LogP contribution in [0.3, 0.4) is 0 Å². The normalized spacial score (nSPS) is 10.4. The van der Waals surface area contributed by atoms with Crippen LogP contribution >= 0.6 is 0 Å². The average Bonchev–Trinajstić information content (AvgIpc) is 2.96. The molecule has 20 heavy (non-hydrogen) atoms. The molecule has 8 nitrogen and oxygen atoms in total. The zero-order valence-electron chi connectivity index (χ0n) is 10.9. The number of nitrogens with zero attached hydrogens (tertiary/aromatic N) is 3. The molecule has 8 heteroatoms. The first-order chi connectivity index (χ1) is 9.70. The highest BCUT2D eigenvalue weighted by Crippen LogP contribution is 2.27. The zero-order chi connectivity index (χ0) is 14.4. The third-order valence-corrected chi connectivity index (χ3v) is 2.69. The van der Waals surface area contributed by atoms with Crippen LogP contribution in [0, 0.1) is 10.1 Å². The van der Waals surface area contributed by atoms with E-state index in [1.165, 1.54) is 19.5 Å². The Balaban J connectivity index is 1.89. The van der Waals surface area contributed by atoms with Crippen molar-refractivity contribution >= 4 is 5.69 Å². The summed E-state index contributed by atoms with van der Waals surface area (Å²) in [4.78, 5) is 14.3. The molecule has 0 saturated carbocycles. The van der Waals surface area contributed by atoms with Crippen LogP contribution < -0.4 is 10.1 Å². The van der Waals surface area contributed by atoms with Crippen LogP contribution in [0.5, 0.6) is 5.75 Å². The Morgan fingerprint density at radius 2 is 2.35 bits per heavy atom. The van der Waals surface area contributed by atoms with Crippen LogP contribution in [0.15, 0.2) is 29.0 Å². The first-order valence-corrected chi connectivity index (χ1v) is 5.98. The third kappa shape index (κ3) is 3.51. The summed E-state index contributed by atoms with van der Waals surface area (Å²) >= 11 is 0. The van der Waals surface area contributed by atoms with Gasteiger partial charge in [0.25, 0.3) is 0 Å². The van der Waals surface area contributed by atoms with Crippen molar-refractivity contribution in [2.75, 3.05) is 13.7 Å². The molecular formula is C12H14N4O4. The van der Waals surface area contributed by atoms with Gasteiger partial charge in [-0.15, -0.1) is 0 Å². The van der Waals surface area contributed by atoms with E-state index in [9.17, 15) is 10.1 Å². The van der Waals surface area contributed by atoms with Crippen LogP contribution in [0.25, 0.3) is 0 Å². The van der Waals surface area contributed by atoms with Gasteiger partial charge in [0.05, 0.1) is 12.0 Å². The lowest BCUT2D eigenvalue weighted by molar-refractivity contribution is -0.385. The number of benzene rings is 1. The van der Waals surface area contributed by atoms with Crippen LogP contribution in [-0.2, 0) is 13.0 Å². The minimum atomic E-state index is -0.458. The molecule has 106 valence electrons. The molecule has 0 spiro atoms. The first kappa shape index (κ1) is 13.9. The molecule has 0 fully saturated rings. The van der Waals surface area contributed by atoms with Gasteiger partial charge < -0.3 is 14.6 Å². The van der Waals surface area contributed by atoms with Crippen molar-refractivity contribution in [2.24, 2.45) is 0 Å². The highest BCUT2D eigenvalue weighted by Gasteiger charge is 2.14. The summed E-state index contributed by atoms with van der Waals surface area (Å²) in [5.41, 5.74) is 0.770. The molecule has 0 atom stereocenters. The molecule has 0 radical (unpaired) electrons. The van der Waals surface area contributed by atoms with Gasteiger partial charge in [0.15, 0.2) is 12.1 Å². The van der Waals surface area contributed by atoms with Crippen molar-refractivity contribution in [3.63, 3.8) is 0 Å². The standard InChI is InChI=1S/C12H14N4O4/c1-19-11-3-2-9(6-10(11)16(17)18)7-13-5-4-12-14-8-15-20-12/h2-3,6,8,13H,4-5,7H2,1H3. The summed E-state index contributed by atoms with van der Waals surface area (Å²) < 4.78 is 9.81. The largest absolute Gasteiger partial charge is 0.490 e. The van der Waals surface area contributed by atoms with E-state index in [1.807, 2.05) is 0 Å². The van der Waals surface area contributed by atoms with Gasteiger partial charge in [0, 0.05) is 25.6 Å². The molecule has 1 N–H and O–H groups in total. The molecule has 0 amide bonds. The fourth-order valence-corrected chi connectivity index (χ4v) is 1.72. The number of ether oxygens (including phenoxy) is 1. The van der Waals surface area contributed by atoms with Gasteiger partial charge in [0.2, 0.25) is 5.89 Å². The summed E-state index contributed by atoms with van der Waals surface area (Å²) in [6, 6.07) is 4.87. The monoisotopic (exact) mass is 278 g/mol. The molecular weight excluding hydrogens is 264 g/mol. The summed E-state index contributed by atoms with van der Waals surface area (Å²) in [6.07, 6.45) is 1.96. The van der Waals surface area contributed by atoms with E-state index in [0.29, 0.717) is 25.4 Å². The first-order valence-electron chi connectivity index (χ1n) is 5.98. The van der Waals surface area contributed by atoms with Crippen LogP contribution in [0.2, 0.25) is 0 Å². The second-order valence-electron chi connectivity index (χ2n) is 4.03. The van der Waals surface area contributed by atoms with Gasteiger partial charge >= 0.3 is 5.69 Å². The number of nitro benzene ring substituents is 1. The molecule has 0 bridgehead atoms. The summed E-state index contributed by atoms with van der Waals surface area (Å²) in [5, 5.41) is 17.6. The number of hydrogen-bond donors (Lipinski definition) is 1. The van der Waals surface area contributed by atoms with Crippen LogP contribution in [0.1, 0.15) is 11.5 Å². The molecule has 1 heterocycles. The highest BCUT2D eigenvalue weighted by molar-refractivity contribution is 5.48. The second kappa shape index (κ2) is 6.62. The van der Waals surface area contributed by atoms with Crippen molar-refractivity contribution < 1.29 is 14.2 Å². The van der Waals surface area contributed by atoms with E-state index >= 15 is 0 Å². The summed E-state index contributed by atoms with van der Waals surface area (Å²) in [5.74, 6) is 0.808. The number of rotatable bonds is 7. The lowest BCUT2D eigenvalue weighted by Gasteiger charge is -2.06. The Hall–Kier alpha value is -2.48. The average molecular weight is 278 g/mol. The maximum atomic E-state index is 10.9. The minimum absolute atomic E-state index is 0.0382. The number of methoxy groups -OCH3 is 1. The fourth-order valence-electron chi connectivity index (χ4n) is 1.72. The van der Waals surface area contributed by atoms with E-state index < -0.39 is 4.92 Å². The third-order valence-electron chi connectivity index (χ3n) is 2.69. The van der Waals surface area contributed by atoms with Gasteiger partial charge in [-0.05, 0) is 11.6 Å². The van der Waals surface area contributed by atoms with Crippen molar-refractivity contribution in [2.45, 2.75) is 13.0 Å². The van der Waals surface area contributed by atoms with Crippen molar-refractivity contribution in [1.82, 2.24) is 15.5 Å². The number of aromatic nitrogens is 2. The maximum Gasteiger partial charge on any atom is 0.311 e. The Bertz CT molecular complexity index is 571. The zero-order valence-corrected chi connectivity index (χ0v) is 10.9. The smallest absolute Gasteiger partial charge is 0.311 e. The van der Waals surface area contributed by atoms with E-state index in [2.05, 4.69) is 15.5 Å². The summed E-state index contributed by atoms with van der Waals surface area (Å²) in [6.45, 7) is 1.15. The lowest BCUT2D eigenvalue weighted by atomic mass is 10.2. The number of nitro groups is 1. The molecule has 2 aromatic rings. The van der Waals surface area contributed by atoms with Crippen LogP contribution in [-0.4, -0.2) is 28.7 Å². The molecule has 0 saturated heterocycles. The predicted molar refractivity (Wildman–Crippen MR) is 69.4 cm³/mol. The van der Waals surface area contributed by atoms with Gasteiger partial charge in [0.1, 0.15) is 0 Å². The quantitative estimate of drug-likeness (QED) is 0.462. The molecule has 1 aromatic carbocycles. The maximum absolute atomic E-state index is 10.9. The molecule has 0 aliphatic heterocycles. The lowest BCUT2D eigenvalue weighted by Crippen LogP contribution is -2.16. The van der Waals surface area contributed by atoms with E-state index in [1.54, 1.807) is 12.1 Å². The molecule has 0 aliphatic carbocycles. The Morgan fingerprint density at radius 1 is 1.50 bits per heavy atom. The highest BCUT2D eigenvalue weighted by atomic mass is 16.6. The second-order valence-corrected chi connectivity index (χ2v) is 4.03. The van der Waals surface area contributed by atoms with Crippen molar-refractivity contribution in [3.8, 4) is 5.75 Å². The van der Waals surface area contributed by atoms with Gasteiger partial charge in [-0.3, -0.25) is 10.1 Å². The number of hydrogen-bond acceptors (Lipinski definition) is 7. The van der Waals surface area contributed by atoms with E-state index in [0.717, 1.165) is 5.56 Å². The van der Waals surface area contributed by atoms with E-state index in [-0.39, 0.29) is 11.4 Å². The van der Waals surface area contributed by atoms with Gasteiger partial charge in [-0.2, -0.15) is 4.98 Å². The van der Waals surface area contributed by atoms with Gasteiger partial charge in [-0.1, -0.05) is 11.2 Å².